The second-order valence-corrected chi connectivity index (χ2v) is 5.22. The minimum atomic E-state index is 0.302. The summed E-state index contributed by atoms with van der Waals surface area (Å²) < 4.78 is 1.07. The van der Waals surface area contributed by atoms with E-state index in [1.54, 1.807) is 7.05 Å². The van der Waals surface area contributed by atoms with Crippen molar-refractivity contribution in [2.24, 2.45) is 0 Å². The van der Waals surface area contributed by atoms with Gasteiger partial charge in [-0.05, 0) is 12.1 Å². The van der Waals surface area contributed by atoms with Gasteiger partial charge in [-0.2, -0.15) is 4.98 Å². The largest absolute Gasteiger partial charge is 0.383 e. The number of nitrogens with two attached hydrogens (primary N) is 1. The molecule has 96 valence electrons. The first kappa shape index (κ1) is 12.1. The van der Waals surface area contributed by atoms with E-state index < -0.39 is 0 Å². The van der Waals surface area contributed by atoms with Crippen LogP contribution in [0.15, 0.2) is 24.3 Å². The minimum absolute atomic E-state index is 0.302. The summed E-state index contributed by atoms with van der Waals surface area (Å²) in [5.41, 5.74) is 7.44. The van der Waals surface area contributed by atoms with Gasteiger partial charge in [0.25, 0.3) is 0 Å². The Morgan fingerprint density at radius 2 is 2.00 bits per heavy atom. The van der Waals surface area contributed by atoms with Gasteiger partial charge in [0.05, 0.1) is 15.8 Å². The Morgan fingerprint density at radius 1 is 1.21 bits per heavy atom. The zero-order chi connectivity index (χ0) is 13.4. The number of nitrogen functional groups attached to an aromatic ring is 1. The maximum atomic E-state index is 6.17. The molecule has 0 amide bonds. The summed E-state index contributed by atoms with van der Waals surface area (Å²) >= 11 is 7.69. The van der Waals surface area contributed by atoms with Crippen molar-refractivity contribution in [1.29, 1.82) is 0 Å². The molecule has 0 atom stereocenters. The Hall–Kier alpha value is -1.92. The van der Waals surface area contributed by atoms with Crippen LogP contribution in [0.5, 0.6) is 0 Å². The Morgan fingerprint density at radius 3 is 2.68 bits per heavy atom. The van der Waals surface area contributed by atoms with Crippen molar-refractivity contribution in [1.82, 2.24) is 15.0 Å². The molecular weight excluding hydrogens is 282 g/mol. The van der Waals surface area contributed by atoms with Gasteiger partial charge in [0.1, 0.15) is 16.0 Å². The van der Waals surface area contributed by atoms with Gasteiger partial charge < -0.3 is 11.1 Å². The topological polar surface area (TPSA) is 76.7 Å². The van der Waals surface area contributed by atoms with Crippen LogP contribution in [0.1, 0.15) is 0 Å². The van der Waals surface area contributed by atoms with E-state index in [1.807, 2.05) is 24.3 Å². The molecule has 0 aliphatic rings. The first-order valence-corrected chi connectivity index (χ1v) is 6.75. The van der Waals surface area contributed by atoms with Crippen molar-refractivity contribution < 1.29 is 0 Å². The van der Waals surface area contributed by atoms with Crippen LogP contribution in [-0.4, -0.2) is 22.0 Å². The smallest absolute Gasteiger partial charge is 0.225 e. The monoisotopic (exact) mass is 291 g/mol. The maximum absolute atomic E-state index is 6.17. The van der Waals surface area contributed by atoms with Gasteiger partial charge in [-0.25, -0.2) is 9.97 Å². The molecule has 3 aromatic rings. The highest BCUT2D eigenvalue weighted by molar-refractivity contribution is 7.21. The van der Waals surface area contributed by atoms with Crippen LogP contribution in [0.25, 0.3) is 20.8 Å². The Kier molecular flexibility index (Phi) is 2.96. The standard InChI is InChI=1S/C12H10ClN5S/c1-15-12-17-9(13)8(10(14)18-12)11-16-6-4-2-3-5-7(6)19-11/h2-5H,1H3,(H3,14,15,17,18). The number of thiazole rings is 1. The number of benzene rings is 1. The van der Waals surface area contributed by atoms with Crippen molar-refractivity contribution in [2.75, 3.05) is 18.1 Å². The number of hydrogen-bond donors (Lipinski definition) is 2. The lowest BCUT2D eigenvalue weighted by Gasteiger charge is -2.06. The van der Waals surface area contributed by atoms with E-state index in [0.29, 0.717) is 22.5 Å². The quantitative estimate of drug-likeness (QED) is 0.710. The van der Waals surface area contributed by atoms with Crippen molar-refractivity contribution in [2.45, 2.75) is 0 Å². The number of para-hydroxylation sites is 1. The lowest BCUT2D eigenvalue weighted by molar-refractivity contribution is 1.16. The number of hydrogen-bond acceptors (Lipinski definition) is 6. The summed E-state index contributed by atoms with van der Waals surface area (Å²) in [5.74, 6) is 0.718. The lowest BCUT2D eigenvalue weighted by atomic mass is 10.3. The molecule has 3 rings (SSSR count). The number of fused-ring (bicyclic) bond motifs is 1. The molecule has 0 unspecified atom stereocenters. The summed E-state index contributed by atoms with van der Waals surface area (Å²) in [5, 5.41) is 3.84. The summed E-state index contributed by atoms with van der Waals surface area (Å²) in [6.45, 7) is 0. The molecule has 2 heterocycles. The number of nitrogens with zero attached hydrogens (tertiary/aromatic N) is 3. The Labute approximate surface area is 118 Å². The average Bonchev–Trinajstić information content (AvgIpc) is 2.80. The fourth-order valence-electron chi connectivity index (χ4n) is 1.74. The predicted molar refractivity (Wildman–Crippen MR) is 79.6 cm³/mol. The summed E-state index contributed by atoms with van der Waals surface area (Å²) in [6.07, 6.45) is 0. The molecule has 0 saturated carbocycles. The third-order valence-electron chi connectivity index (χ3n) is 2.62. The van der Waals surface area contributed by atoms with E-state index >= 15 is 0 Å². The number of anilines is 2. The van der Waals surface area contributed by atoms with Gasteiger partial charge in [-0.3, -0.25) is 0 Å². The second kappa shape index (κ2) is 4.64. The van der Waals surface area contributed by atoms with Crippen LogP contribution >= 0.6 is 22.9 Å². The highest BCUT2D eigenvalue weighted by atomic mass is 35.5. The molecule has 0 radical (unpaired) electrons. The number of rotatable bonds is 2. The maximum Gasteiger partial charge on any atom is 0.225 e. The van der Waals surface area contributed by atoms with Crippen LogP contribution in [0.2, 0.25) is 5.15 Å². The summed E-state index contributed by atoms with van der Waals surface area (Å²) in [6, 6.07) is 7.86. The molecule has 0 bridgehead atoms. The zero-order valence-electron chi connectivity index (χ0n) is 10.0. The highest BCUT2D eigenvalue weighted by Crippen LogP contribution is 2.36. The average molecular weight is 292 g/mol. The molecule has 0 aliphatic carbocycles. The Bertz CT molecular complexity index is 699. The summed E-state index contributed by atoms with van der Waals surface area (Å²) in [4.78, 5) is 12.8. The van der Waals surface area contributed by atoms with Gasteiger partial charge in [0, 0.05) is 7.05 Å². The van der Waals surface area contributed by atoms with Crippen LogP contribution in [0.3, 0.4) is 0 Å². The molecule has 5 nitrogen and oxygen atoms in total. The van der Waals surface area contributed by atoms with Gasteiger partial charge >= 0.3 is 0 Å². The molecular formula is C12H10ClN5S. The van der Waals surface area contributed by atoms with E-state index in [9.17, 15) is 0 Å². The molecule has 1 aromatic carbocycles. The van der Waals surface area contributed by atoms with Crippen molar-refractivity contribution >= 4 is 44.9 Å². The van der Waals surface area contributed by atoms with Gasteiger partial charge in [-0.15, -0.1) is 11.3 Å². The SMILES string of the molecule is CNc1nc(N)c(-c2nc3ccccc3s2)c(Cl)n1. The van der Waals surface area contributed by atoms with Crippen molar-refractivity contribution in [3.63, 3.8) is 0 Å². The number of nitrogens with one attached hydrogen (secondary N) is 1. The van der Waals surface area contributed by atoms with E-state index in [-0.39, 0.29) is 0 Å². The van der Waals surface area contributed by atoms with Crippen LogP contribution in [0.4, 0.5) is 11.8 Å². The lowest BCUT2D eigenvalue weighted by Crippen LogP contribution is -2.02. The molecule has 0 aliphatic heterocycles. The normalized spacial score (nSPS) is 10.8. The van der Waals surface area contributed by atoms with Gasteiger partial charge in [0.2, 0.25) is 5.95 Å². The number of aromatic nitrogens is 3. The fraction of sp³-hybridized carbons (Fsp3) is 0.0833. The first-order chi connectivity index (χ1) is 9.19. The molecule has 0 fully saturated rings. The number of halogens is 1. The van der Waals surface area contributed by atoms with Gasteiger partial charge in [-0.1, -0.05) is 23.7 Å². The molecule has 7 heteroatoms. The van der Waals surface area contributed by atoms with E-state index in [1.165, 1.54) is 11.3 Å². The summed E-state index contributed by atoms with van der Waals surface area (Å²) in [7, 11) is 1.71. The fourth-order valence-corrected chi connectivity index (χ4v) is 3.08. The van der Waals surface area contributed by atoms with E-state index in [0.717, 1.165) is 15.2 Å². The first-order valence-electron chi connectivity index (χ1n) is 5.55. The highest BCUT2D eigenvalue weighted by Gasteiger charge is 2.16. The molecule has 19 heavy (non-hydrogen) atoms. The van der Waals surface area contributed by atoms with E-state index in [2.05, 4.69) is 20.3 Å². The molecule has 3 N–H and O–H groups in total. The van der Waals surface area contributed by atoms with Crippen LogP contribution < -0.4 is 11.1 Å². The van der Waals surface area contributed by atoms with E-state index in [4.69, 9.17) is 17.3 Å². The second-order valence-electron chi connectivity index (χ2n) is 3.84. The molecule has 0 saturated heterocycles. The third-order valence-corrected chi connectivity index (χ3v) is 3.95. The minimum Gasteiger partial charge on any atom is -0.383 e. The third kappa shape index (κ3) is 2.09. The molecule has 2 aromatic heterocycles. The van der Waals surface area contributed by atoms with Crippen LogP contribution in [-0.2, 0) is 0 Å². The molecule has 0 spiro atoms. The van der Waals surface area contributed by atoms with Crippen LogP contribution in [0, 0.1) is 0 Å². The van der Waals surface area contributed by atoms with Crippen molar-refractivity contribution in [3.8, 4) is 10.6 Å². The predicted octanol–water partition coefficient (Wildman–Crippen LogP) is 3.03. The Balaban J connectivity index is 2.21. The van der Waals surface area contributed by atoms with Gasteiger partial charge in [0.15, 0.2) is 0 Å². The van der Waals surface area contributed by atoms with Crippen molar-refractivity contribution in [3.05, 3.63) is 29.4 Å². The zero-order valence-corrected chi connectivity index (χ0v) is 11.6.